The summed E-state index contributed by atoms with van der Waals surface area (Å²) in [5, 5.41) is 18.1. The Labute approximate surface area is 86.1 Å². The van der Waals surface area contributed by atoms with Gasteiger partial charge in [-0.15, -0.1) is 12.6 Å². The second-order valence-corrected chi connectivity index (χ2v) is 2.91. The van der Waals surface area contributed by atoms with Crippen molar-refractivity contribution in [3.63, 3.8) is 0 Å². The van der Waals surface area contributed by atoms with Crippen molar-refractivity contribution in [2.24, 2.45) is 0 Å². The normalized spacial score (nSPS) is 9.21. The molecule has 1 aromatic carbocycles. The van der Waals surface area contributed by atoms with Crippen LogP contribution < -0.4 is 0 Å². The number of nitrogens with zero attached hydrogens (tertiary/aromatic N) is 1. The molecule has 14 heavy (non-hydrogen) atoms. The Kier molecular flexibility index (Phi) is 2.99. The average Bonchev–Trinajstić information content (AvgIpc) is 2.21. The summed E-state index contributed by atoms with van der Waals surface area (Å²) in [4.78, 5) is 11.2. The number of thiol groups is 1. The number of methoxy groups -OCH3 is 1. The fraction of sp³-hybridized carbons (Fsp3) is 0.111. The number of carbonyl (C=O) groups excluding carboxylic acids is 1. The third-order valence-corrected chi connectivity index (χ3v) is 2.13. The number of rotatable bonds is 1. The van der Waals surface area contributed by atoms with E-state index in [0.29, 0.717) is 0 Å². The number of aromatic hydroxyl groups is 1. The molecule has 0 unspecified atom stereocenters. The Bertz CT molecular complexity index is 423. The van der Waals surface area contributed by atoms with Gasteiger partial charge in [0.25, 0.3) is 0 Å². The van der Waals surface area contributed by atoms with Crippen LogP contribution in [-0.2, 0) is 4.74 Å². The molecular formula is C9H7NO3S. The summed E-state index contributed by atoms with van der Waals surface area (Å²) in [5.41, 5.74) is 0.204. The number of benzene rings is 1. The lowest BCUT2D eigenvalue weighted by Gasteiger charge is -2.05. The molecule has 0 heterocycles. The van der Waals surface area contributed by atoms with E-state index in [1.165, 1.54) is 19.2 Å². The predicted octanol–water partition coefficient (Wildman–Crippen LogP) is 1.34. The SMILES string of the molecule is COC(=O)c1ccc(C#N)c(S)c1O. The van der Waals surface area contributed by atoms with E-state index >= 15 is 0 Å². The third-order valence-electron chi connectivity index (χ3n) is 1.68. The number of hydrogen-bond donors (Lipinski definition) is 2. The largest absolute Gasteiger partial charge is 0.506 e. The topological polar surface area (TPSA) is 70.3 Å². The lowest BCUT2D eigenvalue weighted by Crippen LogP contribution is -2.02. The molecule has 0 aromatic heterocycles. The van der Waals surface area contributed by atoms with Gasteiger partial charge in [0.1, 0.15) is 17.4 Å². The molecular weight excluding hydrogens is 202 g/mol. The van der Waals surface area contributed by atoms with E-state index in [0.717, 1.165) is 0 Å². The molecule has 72 valence electrons. The maximum atomic E-state index is 11.1. The predicted molar refractivity (Wildman–Crippen MR) is 51.4 cm³/mol. The van der Waals surface area contributed by atoms with Crippen LogP contribution in [0.3, 0.4) is 0 Å². The molecule has 0 saturated carbocycles. The number of phenolic OH excluding ortho intramolecular Hbond substituents is 1. The van der Waals surface area contributed by atoms with E-state index in [9.17, 15) is 9.90 Å². The van der Waals surface area contributed by atoms with Crippen LogP contribution in [0.25, 0.3) is 0 Å². The summed E-state index contributed by atoms with van der Waals surface area (Å²) in [6, 6.07) is 4.55. The van der Waals surface area contributed by atoms with Crippen LogP contribution in [0.15, 0.2) is 17.0 Å². The summed E-state index contributed by atoms with van der Waals surface area (Å²) in [6.45, 7) is 0. The van der Waals surface area contributed by atoms with Crippen LogP contribution in [0.2, 0.25) is 0 Å². The monoisotopic (exact) mass is 209 g/mol. The fourth-order valence-corrected chi connectivity index (χ4v) is 1.19. The highest BCUT2D eigenvalue weighted by Gasteiger charge is 2.15. The zero-order chi connectivity index (χ0) is 10.7. The van der Waals surface area contributed by atoms with Gasteiger partial charge >= 0.3 is 5.97 Å². The van der Waals surface area contributed by atoms with E-state index in [-0.39, 0.29) is 21.8 Å². The van der Waals surface area contributed by atoms with Gasteiger partial charge in [0, 0.05) is 0 Å². The van der Waals surface area contributed by atoms with Crippen molar-refractivity contribution in [3.8, 4) is 11.8 Å². The van der Waals surface area contributed by atoms with Gasteiger partial charge in [-0.1, -0.05) is 0 Å². The van der Waals surface area contributed by atoms with Crippen LogP contribution in [0.4, 0.5) is 0 Å². The average molecular weight is 209 g/mol. The molecule has 5 heteroatoms. The Balaban J connectivity index is 3.33. The molecule has 0 aliphatic rings. The van der Waals surface area contributed by atoms with Crippen molar-refractivity contribution >= 4 is 18.6 Å². The maximum Gasteiger partial charge on any atom is 0.341 e. The lowest BCUT2D eigenvalue weighted by molar-refractivity contribution is 0.0597. The van der Waals surface area contributed by atoms with Crippen LogP contribution in [0, 0.1) is 11.3 Å². The second-order valence-electron chi connectivity index (χ2n) is 2.46. The highest BCUT2D eigenvalue weighted by atomic mass is 32.1. The van der Waals surface area contributed by atoms with Gasteiger partial charge in [-0.3, -0.25) is 0 Å². The Hall–Kier alpha value is -1.67. The van der Waals surface area contributed by atoms with Gasteiger partial charge in [0.05, 0.1) is 17.6 Å². The number of nitriles is 1. The first kappa shape index (κ1) is 10.4. The smallest absolute Gasteiger partial charge is 0.341 e. The van der Waals surface area contributed by atoms with E-state index in [4.69, 9.17) is 5.26 Å². The molecule has 0 aliphatic carbocycles. The highest BCUT2D eigenvalue weighted by Crippen LogP contribution is 2.29. The number of ether oxygens (including phenoxy) is 1. The molecule has 0 spiro atoms. The number of esters is 1. The number of carbonyl (C=O) groups is 1. The van der Waals surface area contributed by atoms with Gasteiger partial charge in [-0.2, -0.15) is 5.26 Å². The Morgan fingerprint density at radius 3 is 2.79 bits per heavy atom. The van der Waals surface area contributed by atoms with Crippen molar-refractivity contribution in [2.75, 3.05) is 7.11 Å². The molecule has 0 radical (unpaired) electrons. The zero-order valence-electron chi connectivity index (χ0n) is 7.31. The van der Waals surface area contributed by atoms with Crippen molar-refractivity contribution < 1.29 is 14.6 Å². The fourth-order valence-electron chi connectivity index (χ4n) is 0.945. The molecule has 0 fully saturated rings. The molecule has 0 amide bonds. The van der Waals surface area contributed by atoms with Gasteiger partial charge in [-0.25, -0.2) is 4.79 Å². The Morgan fingerprint density at radius 1 is 1.64 bits per heavy atom. The maximum absolute atomic E-state index is 11.1. The molecule has 1 aromatic rings. The van der Waals surface area contributed by atoms with Crippen LogP contribution in [-0.4, -0.2) is 18.2 Å². The summed E-state index contributed by atoms with van der Waals surface area (Å²) in [6.07, 6.45) is 0. The van der Waals surface area contributed by atoms with Crippen LogP contribution in [0.1, 0.15) is 15.9 Å². The summed E-state index contributed by atoms with van der Waals surface area (Å²) in [5.74, 6) is -0.999. The van der Waals surface area contributed by atoms with E-state index < -0.39 is 5.97 Å². The van der Waals surface area contributed by atoms with E-state index in [1.54, 1.807) is 0 Å². The molecule has 0 bridgehead atoms. The highest BCUT2D eigenvalue weighted by molar-refractivity contribution is 7.80. The van der Waals surface area contributed by atoms with Crippen molar-refractivity contribution in [1.29, 1.82) is 5.26 Å². The van der Waals surface area contributed by atoms with Crippen LogP contribution >= 0.6 is 12.6 Å². The van der Waals surface area contributed by atoms with Gasteiger partial charge in [0.15, 0.2) is 0 Å². The minimum atomic E-state index is -0.665. The van der Waals surface area contributed by atoms with Crippen molar-refractivity contribution in [3.05, 3.63) is 23.3 Å². The van der Waals surface area contributed by atoms with E-state index in [2.05, 4.69) is 17.4 Å². The van der Waals surface area contributed by atoms with Crippen molar-refractivity contribution in [2.45, 2.75) is 4.90 Å². The number of hydrogen-bond acceptors (Lipinski definition) is 5. The molecule has 0 atom stereocenters. The van der Waals surface area contributed by atoms with Gasteiger partial charge in [0.2, 0.25) is 0 Å². The molecule has 0 saturated heterocycles. The molecule has 1 rings (SSSR count). The first-order valence-corrected chi connectivity index (χ1v) is 4.10. The van der Waals surface area contributed by atoms with E-state index in [1.807, 2.05) is 6.07 Å². The molecule has 0 aliphatic heterocycles. The molecule has 1 N–H and O–H groups in total. The quantitative estimate of drug-likeness (QED) is 0.541. The first-order valence-electron chi connectivity index (χ1n) is 3.65. The standard InChI is InChI=1S/C9H7NO3S/c1-13-9(12)6-3-2-5(4-10)8(14)7(6)11/h2-3,11,14H,1H3. The lowest BCUT2D eigenvalue weighted by atomic mass is 10.1. The Morgan fingerprint density at radius 2 is 2.29 bits per heavy atom. The second kappa shape index (κ2) is 4.03. The summed E-state index contributed by atoms with van der Waals surface area (Å²) >= 11 is 3.91. The van der Waals surface area contributed by atoms with Gasteiger partial charge < -0.3 is 9.84 Å². The van der Waals surface area contributed by atoms with Crippen LogP contribution in [0.5, 0.6) is 5.75 Å². The third kappa shape index (κ3) is 1.65. The van der Waals surface area contributed by atoms with Gasteiger partial charge in [-0.05, 0) is 12.1 Å². The number of phenols is 1. The first-order chi connectivity index (χ1) is 6.61. The summed E-state index contributed by atoms with van der Waals surface area (Å²) in [7, 11) is 1.21. The minimum absolute atomic E-state index is 0.00324. The molecule has 4 nitrogen and oxygen atoms in total. The summed E-state index contributed by atoms with van der Waals surface area (Å²) < 4.78 is 4.43. The zero-order valence-corrected chi connectivity index (χ0v) is 8.21. The minimum Gasteiger partial charge on any atom is -0.506 e. The van der Waals surface area contributed by atoms with Crippen molar-refractivity contribution in [1.82, 2.24) is 0 Å².